The van der Waals surface area contributed by atoms with Gasteiger partial charge in [0.15, 0.2) is 9.84 Å². The molecule has 248 valence electrons. The summed E-state index contributed by atoms with van der Waals surface area (Å²) < 4.78 is 44.3. The number of aliphatic hydroxyl groups is 2. The molecule has 0 amide bonds. The summed E-state index contributed by atoms with van der Waals surface area (Å²) in [6.45, 7) is 15.0. The Hall–Kier alpha value is -1.24. The number of carbonyl (C=O) groups is 1. The third-order valence-electron chi connectivity index (χ3n) is 13.3. The standard InChI is InChI=1S/C38H60O5S/c1-8-29-33-22-26(39)18-20-38(33,7)32-19-21-37(6)30(16-17-31(37)34(32)35(29)41)24(2)10-9-11-27(40)23-44(42,43)28-14-12-25(13-15-28)36(3,4)5/h12-15,24,26,29-35,39,41H,8-11,16-23H2,1-7H3/t24-,26-,29-,30-,31?,32?,33+,34?,35?,37-,38-/m1/s1/i8D,35D/t8?,24-,26-,29-,30-,31?,32?,33+,34?,35?,37-,38-. The molecule has 4 saturated carbocycles. The van der Waals surface area contributed by atoms with E-state index in [4.69, 9.17) is 1.37 Å². The first-order valence-corrected chi connectivity index (χ1v) is 19.1. The van der Waals surface area contributed by atoms with Crippen molar-refractivity contribution in [2.24, 2.45) is 52.3 Å². The van der Waals surface area contributed by atoms with Gasteiger partial charge in [-0.05, 0) is 127 Å². The lowest BCUT2D eigenvalue weighted by Crippen LogP contribution is -2.62. The van der Waals surface area contributed by atoms with E-state index in [-0.39, 0.29) is 57.0 Å². The van der Waals surface area contributed by atoms with Gasteiger partial charge in [0, 0.05) is 7.79 Å². The van der Waals surface area contributed by atoms with Crippen molar-refractivity contribution in [3.63, 3.8) is 0 Å². The maximum absolute atomic E-state index is 13.0. The maximum atomic E-state index is 13.0. The molecule has 4 aliphatic rings. The molecule has 1 aromatic carbocycles. The van der Waals surface area contributed by atoms with Crippen molar-refractivity contribution in [1.82, 2.24) is 0 Å². The highest BCUT2D eigenvalue weighted by Crippen LogP contribution is 2.69. The van der Waals surface area contributed by atoms with Crippen LogP contribution in [0.1, 0.15) is 127 Å². The van der Waals surface area contributed by atoms with Gasteiger partial charge >= 0.3 is 0 Å². The van der Waals surface area contributed by atoms with Crippen molar-refractivity contribution in [3.8, 4) is 0 Å². The zero-order valence-corrected chi connectivity index (χ0v) is 29.1. The van der Waals surface area contributed by atoms with E-state index in [1.54, 1.807) is 12.1 Å². The fourth-order valence-corrected chi connectivity index (χ4v) is 12.1. The van der Waals surface area contributed by atoms with E-state index in [0.717, 1.165) is 50.5 Å². The third kappa shape index (κ3) is 6.10. The molecule has 5 unspecified atom stereocenters. The zero-order chi connectivity index (χ0) is 34.0. The predicted molar refractivity (Wildman–Crippen MR) is 177 cm³/mol. The third-order valence-corrected chi connectivity index (χ3v) is 15.0. The number of Topliss-reactive ketones (excluding diaryl/α,β-unsaturated/α-hetero) is 1. The Bertz CT molecular complexity index is 1370. The first-order chi connectivity index (χ1) is 21.2. The number of fused-ring (bicyclic) bond motifs is 5. The molecule has 0 heterocycles. The summed E-state index contributed by atoms with van der Waals surface area (Å²) in [6, 6.07) is 6.91. The molecule has 0 radical (unpaired) electrons. The highest BCUT2D eigenvalue weighted by Gasteiger charge is 2.64. The van der Waals surface area contributed by atoms with Crippen LogP contribution in [0.4, 0.5) is 0 Å². The van der Waals surface area contributed by atoms with Crippen molar-refractivity contribution < 1.29 is 26.2 Å². The number of sulfone groups is 1. The van der Waals surface area contributed by atoms with Gasteiger partial charge in [-0.15, -0.1) is 0 Å². The van der Waals surface area contributed by atoms with E-state index < -0.39 is 40.1 Å². The molecule has 0 bridgehead atoms. The Kier molecular flexibility index (Phi) is 8.85. The number of rotatable bonds is 9. The van der Waals surface area contributed by atoms with Crippen LogP contribution in [0.3, 0.4) is 0 Å². The Balaban J connectivity index is 1.23. The first-order valence-electron chi connectivity index (χ1n) is 18.5. The van der Waals surface area contributed by atoms with E-state index in [1.807, 2.05) is 19.1 Å². The van der Waals surface area contributed by atoms with Crippen LogP contribution in [-0.2, 0) is 20.0 Å². The molecule has 1 aromatic rings. The minimum atomic E-state index is -3.68. The van der Waals surface area contributed by atoms with Crippen molar-refractivity contribution in [3.05, 3.63) is 29.8 Å². The number of benzene rings is 1. The Morgan fingerprint density at radius 2 is 1.66 bits per heavy atom. The highest BCUT2D eigenvalue weighted by molar-refractivity contribution is 7.92. The zero-order valence-electron chi connectivity index (χ0n) is 30.3. The largest absolute Gasteiger partial charge is 0.393 e. The maximum Gasteiger partial charge on any atom is 0.185 e. The number of hydrogen-bond acceptors (Lipinski definition) is 5. The van der Waals surface area contributed by atoms with Gasteiger partial charge in [-0.25, -0.2) is 8.42 Å². The van der Waals surface area contributed by atoms with Gasteiger partial charge < -0.3 is 10.2 Å². The van der Waals surface area contributed by atoms with Crippen molar-refractivity contribution in [2.75, 3.05) is 5.75 Å². The lowest BCUT2D eigenvalue weighted by molar-refractivity contribution is -0.203. The second-order valence-electron chi connectivity index (χ2n) is 16.7. The van der Waals surface area contributed by atoms with Crippen molar-refractivity contribution in [2.45, 2.75) is 142 Å². The van der Waals surface area contributed by atoms with Gasteiger partial charge in [0.1, 0.15) is 11.5 Å². The van der Waals surface area contributed by atoms with Crippen LogP contribution in [0.2, 0.25) is 0 Å². The van der Waals surface area contributed by atoms with E-state index in [2.05, 4.69) is 41.5 Å². The average molecular weight is 631 g/mol. The topological polar surface area (TPSA) is 91.7 Å². The molecule has 0 saturated heterocycles. The molecule has 0 spiro atoms. The van der Waals surface area contributed by atoms with E-state index in [0.29, 0.717) is 24.7 Å². The van der Waals surface area contributed by atoms with Gasteiger partial charge in [-0.3, -0.25) is 4.79 Å². The van der Waals surface area contributed by atoms with Crippen LogP contribution in [0.25, 0.3) is 0 Å². The summed E-state index contributed by atoms with van der Waals surface area (Å²) in [5.74, 6) is -0.174. The van der Waals surface area contributed by atoms with E-state index >= 15 is 0 Å². The minimum Gasteiger partial charge on any atom is -0.393 e. The first kappa shape index (κ1) is 31.4. The quantitative estimate of drug-likeness (QED) is 0.291. The summed E-state index contributed by atoms with van der Waals surface area (Å²) in [4.78, 5) is 13.1. The molecule has 12 atom stereocenters. The molecule has 6 heteroatoms. The number of ketones is 1. The van der Waals surface area contributed by atoms with Crippen LogP contribution in [0.5, 0.6) is 0 Å². The van der Waals surface area contributed by atoms with E-state index in [9.17, 15) is 24.8 Å². The summed E-state index contributed by atoms with van der Waals surface area (Å²) in [7, 11) is -3.68. The van der Waals surface area contributed by atoms with Gasteiger partial charge in [0.2, 0.25) is 0 Å². The molecular formula is C38H60O5S. The van der Waals surface area contributed by atoms with Crippen LogP contribution < -0.4 is 0 Å². The molecule has 0 aromatic heterocycles. The molecule has 5 rings (SSSR count). The van der Waals surface area contributed by atoms with Crippen LogP contribution in [-0.4, -0.2) is 42.4 Å². The number of hydrogen-bond donors (Lipinski definition) is 2. The fourth-order valence-electron chi connectivity index (χ4n) is 10.8. The lowest BCUT2D eigenvalue weighted by Gasteiger charge is -2.64. The van der Waals surface area contributed by atoms with Gasteiger partial charge in [-0.2, -0.15) is 0 Å². The highest BCUT2D eigenvalue weighted by atomic mass is 32.2. The van der Waals surface area contributed by atoms with Crippen LogP contribution in [0, 0.1) is 52.3 Å². The molecular weight excluding hydrogens is 568 g/mol. The second-order valence-corrected chi connectivity index (χ2v) is 18.7. The molecule has 4 aliphatic carbocycles. The summed E-state index contributed by atoms with van der Waals surface area (Å²) >= 11 is 0. The monoisotopic (exact) mass is 630 g/mol. The molecule has 5 nitrogen and oxygen atoms in total. The molecule has 2 N–H and O–H groups in total. The summed E-state index contributed by atoms with van der Waals surface area (Å²) in [5.41, 5.74) is 0.886. The number of aliphatic hydroxyl groups excluding tert-OH is 1. The SMILES string of the molecule is [2H]C(C)[C@@H]1[C@@H]2C[C@H](O)CC[C@]2(C)C2CC[C@@]3(C)C(CC[C@@H]3[C@H](C)CCCC(=O)CS(=O)(=O)c3ccc(C(C)(C)C)cc3)C2C1([2H])O. The van der Waals surface area contributed by atoms with E-state index in [1.165, 1.54) is 0 Å². The molecule has 4 fully saturated rings. The summed E-state index contributed by atoms with van der Waals surface area (Å²) in [6.07, 6.45) is 5.35. The Morgan fingerprint density at radius 3 is 2.30 bits per heavy atom. The summed E-state index contributed by atoms with van der Waals surface area (Å²) in [5, 5.41) is 22.7. The normalized spacial score (nSPS) is 42.7. The molecule has 44 heavy (non-hydrogen) atoms. The fraction of sp³-hybridized carbons (Fsp3) is 0.816. The van der Waals surface area contributed by atoms with Crippen molar-refractivity contribution in [1.29, 1.82) is 0 Å². The lowest BCUT2D eigenvalue weighted by atomic mass is 9.41. The smallest absolute Gasteiger partial charge is 0.185 e. The minimum absolute atomic E-state index is 0.0165. The van der Waals surface area contributed by atoms with Crippen LogP contribution in [0.15, 0.2) is 29.2 Å². The predicted octanol–water partition coefficient (Wildman–Crippen LogP) is 7.76. The van der Waals surface area contributed by atoms with Crippen molar-refractivity contribution >= 4 is 15.6 Å². The Morgan fingerprint density at radius 1 is 1.02 bits per heavy atom. The van der Waals surface area contributed by atoms with Gasteiger partial charge in [0.25, 0.3) is 0 Å². The molecule has 0 aliphatic heterocycles. The van der Waals surface area contributed by atoms with Gasteiger partial charge in [0.05, 0.1) is 18.5 Å². The Labute approximate surface area is 270 Å². The second kappa shape index (κ2) is 12.4. The number of carbonyl (C=O) groups excluding carboxylic acids is 1. The van der Waals surface area contributed by atoms with Gasteiger partial charge in [-0.1, -0.05) is 73.4 Å². The van der Waals surface area contributed by atoms with Crippen LogP contribution >= 0.6 is 0 Å². The average Bonchev–Trinajstić information content (AvgIpc) is 3.30.